The van der Waals surface area contributed by atoms with Crippen molar-refractivity contribution < 1.29 is 22.4 Å². The Labute approximate surface area is 151 Å². The molecule has 0 unspecified atom stereocenters. The summed E-state index contributed by atoms with van der Waals surface area (Å²) in [5.41, 5.74) is 5.21. The van der Waals surface area contributed by atoms with Crippen LogP contribution in [0.5, 0.6) is 0 Å². The average molecular weight is 380 g/mol. The minimum Gasteiger partial charge on any atom is -0.398 e. The number of aromatic nitrogens is 2. The molecule has 1 heterocycles. The second kappa shape index (κ2) is 6.90. The monoisotopic (exact) mass is 380 g/mol. The van der Waals surface area contributed by atoms with Gasteiger partial charge in [-0.1, -0.05) is 6.07 Å². The number of aryl methyl sites for hydroxylation is 1. The van der Waals surface area contributed by atoms with Crippen LogP contribution in [-0.2, 0) is 19.6 Å². The van der Waals surface area contributed by atoms with Gasteiger partial charge in [0.2, 0.25) is 0 Å². The lowest BCUT2D eigenvalue weighted by molar-refractivity contribution is -0.137. The number of hydrogen-bond acceptors (Lipinski definition) is 3. The van der Waals surface area contributed by atoms with E-state index in [1.165, 1.54) is 6.07 Å². The number of fused-ring (bicyclic) bond motifs is 1. The van der Waals surface area contributed by atoms with Gasteiger partial charge in [-0.2, -0.15) is 13.2 Å². The van der Waals surface area contributed by atoms with Crippen molar-refractivity contribution in [3.8, 4) is 0 Å². The average Bonchev–Trinajstić information content (AvgIpc) is 2.92. The molecule has 0 atom stereocenters. The SMILES string of the molecule is Cn1c(CCNC(=O)c2cc(C(F)(F)F)ccc2N)nc2c(F)cccc21. The number of nitrogen functional groups attached to an aromatic ring is 1. The molecule has 0 aliphatic rings. The molecule has 3 aromatic rings. The van der Waals surface area contributed by atoms with Gasteiger partial charge in [-0.25, -0.2) is 9.37 Å². The first-order valence-electron chi connectivity index (χ1n) is 8.03. The van der Waals surface area contributed by atoms with Gasteiger partial charge in [0.1, 0.15) is 11.3 Å². The fourth-order valence-electron chi connectivity index (χ4n) is 2.76. The molecule has 0 bridgehead atoms. The summed E-state index contributed by atoms with van der Waals surface area (Å²) in [4.78, 5) is 16.4. The molecule has 0 aliphatic heterocycles. The zero-order valence-corrected chi connectivity index (χ0v) is 14.3. The van der Waals surface area contributed by atoms with Crippen molar-refractivity contribution in [2.45, 2.75) is 12.6 Å². The van der Waals surface area contributed by atoms with Crippen LogP contribution < -0.4 is 11.1 Å². The Balaban J connectivity index is 1.72. The van der Waals surface area contributed by atoms with Gasteiger partial charge in [-0.15, -0.1) is 0 Å². The standard InChI is InChI=1S/C18H16F4N4O/c1-26-14-4-2-3-12(19)16(14)25-15(26)7-8-24-17(27)11-9-10(18(20,21)22)5-6-13(11)23/h2-6,9H,7-8,23H2,1H3,(H,24,27). The van der Waals surface area contributed by atoms with Gasteiger partial charge in [0, 0.05) is 25.7 Å². The Hall–Kier alpha value is -3.10. The molecule has 9 heteroatoms. The van der Waals surface area contributed by atoms with E-state index in [2.05, 4.69) is 10.3 Å². The summed E-state index contributed by atoms with van der Waals surface area (Å²) in [5.74, 6) is -0.633. The van der Waals surface area contributed by atoms with Crippen molar-refractivity contribution >= 4 is 22.6 Å². The summed E-state index contributed by atoms with van der Waals surface area (Å²) >= 11 is 0. The molecular formula is C18H16F4N4O. The summed E-state index contributed by atoms with van der Waals surface area (Å²) in [6.45, 7) is 0.104. The maximum atomic E-state index is 13.8. The van der Waals surface area contributed by atoms with Gasteiger partial charge >= 0.3 is 6.18 Å². The molecule has 1 amide bonds. The highest BCUT2D eigenvalue weighted by molar-refractivity contribution is 5.99. The molecular weight excluding hydrogens is 364 g/mol. The normalized spacial score (nSPS) is 11.7. The summed E-state index contributed by atoms with van der Waals surface area (Å²) in [6.07, 6.45) is -4.30. The van der Waals surface area contributed by atoms with E-state index in [1.54, 1.807) is 23.7 Å². The molecule has 0 aliphatic carbocycles. The fourth-order valence-corrected chi connectivity index (χ4v) is 2.76. The molecule has 5 nitrogen and oxygen atoms in total. The Morgan fingerprint density at radius 3 is 2.67 bits per heavy atom. The Kier molecular flexibility index (Phi) is 4.77. The van der Waals surface area contributed by atoms with Crippen molar-refractivity contribution in [1.29, 1.82) is 0 Å². The summed E-state index contributed by atoms with van der Waals surface area (Å²) in [5, 5.41) is 2.52. The van der Waals surface area contributed by atoms with Gasteiger partial charge in [0.05, 0.1) is 16.6 Å². The number of nitrogens with one attached hydrogen (secondary N) is 1. The third-order valence-electron chi connectivity index (χ3n) is 4.21. The van der Waals surface area contributed by atoms with Crippen LogP contribution in [0.4, 0.5) is 23.2 Å². The van der Waals surface area contributed by atoms with E-state index in [1.807, 2.05) is 0 Å². The van der Waals surface area contributed by atoms with E-state index >= 15 is 0 Å². The lowest BCUT2D eigenvalue weighted by Crippen LogP contribution is -2.27. The summed E-state index contributed by atoms with van der Waals surface area (Å²) in [7, 11) is 1.72. The van der Waals surface area contributed by atoms with Crippen molar-refractivity contribution in [1.82, 2.24) is 14.9 Å². The van der Waals surface area contributed by atoms with Crippen LogP contribution in [0.15, 0.2) is 36.4 Å². The lowest BCUT2D eigenvalue weighted by atomic mass is 10.1. The van der Waals surface area contributed by atoms with Gasteiger partial charge in [0.15, 0.2) is 5.82 Å². The molecule has 27 heavy (non-hydrogen) atoms. The molecule has 1 aromatic heterocycles. The van der Waals surface area contributed by atoms with Gasteiger partial charge in [-0.3, -0.25) is 4.79 Å². The summed E-state index contributed by atoms with van der Waals surface area (Å²) in [6, 6.07) is 7.18. The van der Waals surface area contributed by atoms with E-state index in [0.717, 1.165) is 18.2 Å². The number of anilines is 1. The second-order valence-electron chi connectivity index (χ2n) is 6.00. The number of amides is 1. The first-order chi connectivity index (χ1) is 12.7. The molecule has 0 radical (unpaired) electrons. The highest BCUT2D eigenvalue weighted by Crippen LogP contribution is 2.31. The van der Waals surface area contributed by atoms with Crippen LogP contribution >= 0.6 is 0 Å². The summed E-state index contributed by atoms with van der Waals surface area (Å²) < 4.78 is 53.9. The number of carbonyl (C=O) groups excluding carboxylic acids is 1. The smallest absolute Gasteiger partial charge is 0.398 e. The number of nitrogens with zero attached hydrogens (tertiary/aromatic N) is 2. The number of nitrogens with two attached hydrogens (primary N) is 1. The van der Waals surface area contributed by atoms with Crippen LogP contribution in [0.3, 0.4) is 0 Å². The molecule has 0 saturated carbocycles. The quantitative estimate of drug-likeness (QED) is 0.539. The first kappa shape index (κ1) is 18.7. The van der Waals surface area contributed by atoms with Gasteiger partial charge in [-0.05, 0) is 30.3 Å². The van der Waals surface area contributed by atoms with E-state index in [-0.39, 0.29) is 29.7 Å². The number of carbonyl (C=O) groups is 1. The van der Waals surface area contributed by atoms with E-state index in [0.29, 0.717) is 11.3 Å². The minimum atomic E-state index is -4.57. The molecule has 0 saturated heterocycles. The number of hydrogen-bond donors (Lipinski definition) is 2. The third-order valence-corrected chi connectivity index (χ3v) is 4.21. The van der Waals surface area contributed by atoms with Gasteiger partial charge < -0.3 is 15.6 Å². The highest BCUT2D eigenvalue weighted by atomic mass is 19.4. The number of benzene rings is 2. The lowest BCUT2D eigenvalue weighted by Gasteiger charge is -2.11. The minimum absolute atomic E-state index is 0.0506. The molecule has 3 rings (SSSR count). The van der Waals surface area contributed by atoms with Crippen LogP contribution in [0.1, 0.15) is 21.7 Å². The predicted octanol–water partition coefficient (Wildman–Crippen LogP) is 3.29. The number of para-hydroxylation sites is 1. The molecule has 0 fully saturated rings. The van der Waals surface area contributed by atoms with Crippen LogP contribution in [-0.4, -0.2) is 22.0 Å². The number of halogens is 4. The number of imidazole rings is 1. The largest absolute Gasteiger partial charge is 0.416 e. The first-order valence-corrected chi connectivity index (χ1v) is 8.03. The topological polar surface area (TPSA) is 72.9 Å². The van der Waals surface area contributed by atoms with Gasteiger partial charge in [0.25, 0.3) is 5.91 Å². The molecule has 3 N–H and O–H groups in total. The number of rotatable bonds is 4. The Morgan fingerprint density at radius 1 is 1.26 bits per heavy atom. The fraction of sp³-hybridized carbons (Fsp3) is 0.222. The molecule has 0 spiro atoms. The van der Waals surface area contributed by atoms with Crippen molar-refractivity contribution in [3.05, 3.63) is 59.2 Å². The second-order valence-corrected chi connectivity index (χ2v) is 6.00. The van der Waals surface area contributed by atoms with E-state index < -0.39 is 23.5 Å². The Bertz CT molecular complexity index is 1010. The van der Waals surface area contributed by atoms with E-state index in [4.69, 9.17) is 5.73 Å². The zero-order valence-electron chi connectivity index (χ0n) is 14.3. The number of alkyl halides is 3. The van der Waals surface area contributed by atoms with Crippen molar-refractivity contribution in [2.75, 3.05) is 12.3 Å². The van der Waals surface area contributed by atoms with E-state index in [9.17, 15) is 22.4 Å². The predicted molar refractivity (Wildman–Crippen MR) is 92.6 cm³/mol. The van der Waals surface area contributed by atoms with Crippen LogP contribution in [0.25, 0.3) is 11.0 Å². The molecule has 142 valence electrons. The highest BCUT2D eigenvalue weighted by Gasteiger charge is 2.31. The Morgan fingerprint density at radius 2 is 2.00 bits per heavy atom. The maximum Gasteiger partial charge on any atom is 0.416 e. The van der Waals surface area contributed by atoms with Crippen LogP contribution in [0.2, 0.25) is 0 Å². The van der Waals surface area contributed by atoms with Crippen LogP contribution in [0, 0.1) is 5.82 Å². The van der Waals surface area contributed by atoms with Crippen molar-refractivity contribution in [2.24, 2.45) is 7.05 Å². The maximum absolute atomic E-state index is 13.8. The zero-order chi connectivity index (χ0) is 19.8. The van der Waals surface area contributed by atoms with Crippen molar-refractivity contribution in [3.63, 3.8) is 0 Å². The molecule has 2 aromatic carbocycles. The third kappa shape index (κ3) is 3.71.